The van der Waals surface area contributed by atoms with E-state index in [0.717, 1.165) is 14.6 Å². The summed E-state index contributed by atoms with van der Waals surface area (Å²) in [6.07, 6.45) is 0.565. The number of nitrogens with one attached hydrogen (secondary N) is 1. The van der Waals surface area contributed by atoms with Gasteiger partial charge in [0.15, 0.2) is 5.69 Å². The molecule has 3 aromatic rings. The Labute approximate surface area is 195 Å². The highest BCUT2D eigenvalue weighted by Gasteiger charge is 2.38. The second kappa shape index (κ2) is 8.95. The van der Waals surface area contributed by atoms with Crippen LogP contribution >= 0.6 is 0 Å². The number of rotatable bonds is 8. The van der Waals surface area contributed by atoms with E-state index in [-0.39, 0.29) is 36.1 Å². The number of anilines is 3. The van der Waals surface area contributed by atoms with Gasteiger partial charge in [-0.2, -0.15) is 0 Å². The summed E-state index contributed by atoms with van der Waals surface area (Å²) in [5.74, 6) is -0.862. The second-order valence-corrected chi connectivity index (χ2v) is 9.66. The van der Waals surface area contributed by atoms with E-state index >= 15 is 0 Å². The highest BCUT2D eigenvalue weighted by molar-refractivity contribution is 7.93. The molecule has 2 aromatic carbocycles. The number of H-pyrrole nitrogens is 1. The Morgan fingerprint density at radius 1 is 1.18 bits per heavy atom. The van der Waals surface area contributed by atoms with Gasteiger partial charge in [0.2, 0.25) is 5.91 Å². The summed E-state index contributed by atoms with van der Waals surface area (Å²) >= 11 is 0. The number of hydrogen-bond donors (Lipinski definition) is 2. The number of sulfonamides is 1. The van der Waals surface area contributed by atoms with E-state index in [4.69, 9.17) is 10.5 Å². The van der Waals surface area contributed by atoms with Crippen molar-refractivity contribution >= 4 is 43.9 Å². The minimum absolute atomic E-state index is 0.0556. The monoisotopic (exact) mass is 487 g/mol. The third-order valence-corrected chi connectivity index (χ3v) is 7.51. The molecule has 0 bridgehead atoms. The van der Waals surface area contributed by atoms with Crippen molar-refractivity contribution in [3.05, 3.63) is 57.2 Å². The van der Waals surface area contributed by atoms with E-state index in [9.17, 15) is 22.8 Å². The molecule has 0 radical (unpaired) electrons. The van der Waals surface area contributed by atoms with E-state index in [1.807, 2.05) is 6.92 Å². The Bertz CT molecular complexity index is 1490. The van der Waals surface area contributed by atoms with Gasteiger partial charge in [0.1, 0.15) is 12.4 Å². The molecule has 0 aliphatic carbocycles. The Morgan fingerprint density at radius 3 is 2.56 bits per heavy atom. The normalized spacial score (nSPS) is 14.0. The topological polar surface area (TPSA) is 148 Å². The smallest absolute Gasteiger partial charge is 0.330 e. The highest BCUT2D eigenvalue weighted by atomic mass is 32.2. The lowest BCUT2D eigenvalue weighted by Gasteiger charge is -2.27. The summed E-state index contributed by atoms with van der Waals surface area (Å²) in [5.41, 5.74) is 4.79. The first-order valence-corrected chi connectivity index (χ1v) is 12.1. The first kappa shape index (κ1) is 23.5. The molecule has 12 heteroatoms. The maximum Gasteiger partial charge on any atom is 0.330 e. The fourth-order valence-electron chi connectivity index (χ4n) is 4.16. The Hall–Kier alpha value is -3.64. The fraction of sp³-hybridized carbons (Fsp3) is 0.318. The first-order valence-electron chi connectivity index (χ1n) is 10.7. The van der Waals surface area contributed by atoms with Gasteiger partial charge in [-0.3, -0.25) is 23.4 Å². The van der Waals surface area contributed by atoms with Crippen molar-refractivity contribution in [1.82, 2.24) is 9.55 Å². The van der Waals surface area contributed by atoms with Gasteiger partial charge < -0.3 is 15.4 Å². The Morgan fingerprint density at radius 2 is 1.88 bits per heavy atom. The minimum Gasteiger partial charge on any atom is -0.383 e. The second-order valence-electron chi connectivity index (χ2n) is 7.83. The summed E-state index contributed by atoms with van der Waals surface area (Å²) in [6.45, 7) is 1.49. The molecule has 11 nitrogen and oxygen atoms in total. The SMILES string of the molecule is CCCn1c(N)c(N(CCOC)C(=O)CN2c3cccc4cccc(c34)S2(=O)=O)c(=O)[nH]c1=O. The lowest BCUT2D eigenvalue weighted by atomic mass is 10.1. The maximum absolute atomic E-state index is 13.5. The Balaban J connectivity index is 1.78. The molecule has 0 saturated carbocycles. The standard InChI is InChI=1S/C22H25N5O6S/c1-3-10-26-20(23)19(21(29)24-22(26)30)25(11-12-33-2)17(28)13-27-15-8-4-6-14-7-5-9-16(18(14)15)34(27,31)32/h4-9H,3,10-13,23H2,1-2H3,(H,24,29,30). The maximum atomic E-state index is 13.5. The third kappa shape index (κ3) is 3.74. The molecule has 0 spiro atoms. The number of nitrogens with two attached hydrogens (primary N) is 1. The third-order valence-electron chi connectivity index (χ3n) is 5.71. The van der Waals surface area contributed by atoms with Crippen LogP contribution in [-0.4, -0.2) is 50.7 Å². The van der Waals surface area contributed by atoms with Crippen molar-refractivity contribution in [3.63, 3.8) is 0 Å². The Kier molecular flexibility index (Phi) is 6.19. The van der Waals surface area contributed by atoms with Crippen LogP contribution in [0.1, 0.15) is 13.3 Å². The summed E-state index contributed by atoms with van der Waals surface area (Å²) in [6, 6.07) is 10.1. The number of amides is 1. The van der Waals surface area contributed by atoms with E-state index in [0.29, 0.717) is 17.5 Å². The summed E-state index contributed by atoms with van der Waals surface area (Å²) < 4.78 is 33.9. The van der Waals surface area contributed by atoms with E-state index < -0.39 is 33.7 Å². The lowest BCUT2D eigenvalue weighted by Crippen LogP contribution is -2.47. The summed E-state index contributed by atoms with van der Waals surface area (Å²) in [5, 5.41) is 1.27. The van der Waals surface area contributed by atoms with Crippen molar-refractivity contribution in [2.24, 2.45) is 0 Å². The summed E-state index contributed by atoms with van der Waals surface area (Å²) in [7, 11) is -2.56. The van der Waals surface area contributed by atoms with E-state index in [1.165, 1.54) is 17.7 Å². The van der Waals surface area contributed by atoms with Crippen LogP contribution in [0.15, 0.2) is 50.9 Å². The zero-order chi connectivity index (χ0) is 24.6. The molecule has 0 saturated heterocycles. The highest BCUT2D eigenvalue weighted by Crippen LogP contribution is 2.41. The quantitative estimate of drug-likeness (QED) is 0.479. The number of carbonyl (C=O) groups is 1. The number of benzene rings is 2. The molecule has 0 unspecified atom stereocenters. The van der Waals surface area contributed by atoms with Crippen LogP contribution < -0.4 is 26.2 Å². The number of hydrogen-bond acceptors (Lipinski definition) is 7. The van der Waals surface area contributed by atoms with Crippen molar-refractivity contribution < 1.29 is 17.9 Å². The zero-order valence-electron chi connectivity index (χ0n) is 18.8. The van der Waals surface area contributed by atoms with Crippen LogP contribution in [-0.2, 0) is 26.1 Å². The van der Waals surface area contributed by atoms with E-state index in [2.05, 4.69) is 4.98 Å². The van der Waals surface area contributed by atoms with Gasteiger partial charge in [-0.05, 0) is 23.9 Å². The fourth-order valence-corrected chi connectivity index (χ4v) is 5.82. The predicted octanol–water partition coefficient (Wildman–Crippen LogP) is 0.870. The molecule has 1 aliphatic heterocycles. The van der Waals surface area contributed by atoms with Crippen molar-refractivity contribution in [3.8, 4) is 0 Å². The number of methoxy groups -OCH3 is 1. The van der Waals surface area contributed by atoms with Crippen molar-refractivity contribution in [1.29, 1.82) is 0 Å². The van der Waals surface area contributed by atoms with Crippen LogP contribution in [0.5, 0.6) is 0 Å². The van der Waals surface area contributed by atoms with Crippen molar-refractivity contribution in [2.45, 2.75) is 24.8 Å². The van der Waals surface area contributed by atoms with Crippen LogP contribution in [0.25, 0.3) is 10.8 Å². The molecular formula is C22H25N5O6S. The minimum atomic E-state index is -3.99. The number of carbonyl (C=O) groups excluding carboxylic acids is 1. The zero-order valence-corrected chi connectivity index (χ0v) is 19.6. The average Bonchev–Trinajstić information content (AvgIpc) is 3.02. The number of nitrogens with zero attached hydrogens (tertiary/aromatic N) is 3. The lowest BCUT2D eigenvalue weighted by molar-refractivity contribution is -0.117. The number of ether oxygens (including phenoxy) is 1. The van der Waals surface area contributed by atoms with Gasteiger partial charge in [-0.25, -0.2) is 13.2 Å². The van der Waals surface area contributed by atoms with Crippen LogP contribution in [0.2, 0.25) is 0 Å². The van der Waals surface area contributed by atoms with Crippen LogP contribution in [0.3, 0.4) is 0 Å². The number of aromatic nitrogens is 2. The predicted molar refractivity (Wildman–Crippen MR) is 129 cm³/mol. The molecule has 1 aromatic heterocycles. The van der Waals surface area contributed by atoms with E-state index in [1.54, 1.807) is 30.3 Å². The molecular weight excluding hydrogens is 462 g/mol. The first-order chi connectivity index (χ1) is 16.2. The van der Waals surface area contributed by atoms with Gasteiger partial charge in [-0.15, -0.1) is 0 Å². The van der Waals surface area contributed by atoms with Crippen molar-refractivity contribution in [2.75, 3.05) is 41.7 Å². The number of nitrogen functional groups attached to an aromatic ring is 1. The molecule has 1 aliphatic rings. The largest absolute Gasteiger partial charge is 0.383 e. The molecule has 180 valence electrons. The van der Waals surface area contributed by atoms with Gasteiger partial charge in [0.05, 0.1) is 17.2 Å². The van der Waals surface area contributed by atoms with Gasteiger partial charge in [0.25, 0.3) is 15.6 Å². The molecule has 2 heterocycles. The van der Waals surface area contributed by atoms with Crippen LogP contribution in [0.4, 0.5) is 17.2 Å². The van der Waals surface area contributed by atoms with Gasteiger partial charge in [-0.1, -0.05) is 31.2 Å². The number of aromatic amines is 1. The average molecular weight is 488 g/mol. The summed E-state index contributed by atoms with van der Waals surface area (Å²) in [4.78, 5) is 41.8. The molecule has 4 rings (SSSR count). The van der Waals surface area contributed by atoms with Gasteiger partial charge in [0, 0.05) is 25.6 Å². The molecule has 0 fully saturated rings. The molecule has 34 heavy (non-hydrogen) atoms. The van der Waals surface area contributed by atoms with Crippen LogP contribution in [0, 0.1) is 0 Å². The molecule has 0 atom stereocenters. The molecule has 3 N–H and O–H groups in total. The molecule has 1 amide bonds. The van der Waals surface area contributed by atoms with Gasteiger partial charge >= 0.3 is 5.69 Å².